The van der Waals surface area contributed by atoms with Gasteiger partial charge in [-0.05, 0) is 31.9 Å². The molecule has 0 N–H and O–H groups in total. The minimum absolute atomic E-state index is 0.128. The predicted molar refractivity (Wildman–Crippen MR) is 65.2 cm³/mol. The first-order valence-corrected chi connectivity index (χ1v) is 5.82. The van der Waals surface area contributed by atoms with Crippen molar-refractivity contribution in [1.29, 1.82) is 0 Å². The van der Waals surface area contributed by atoms with Crippen molar-refractivity contribution in [2.45, 2.75) is 27.3 Å². The highest BCUT2D eigenvalue weighted by molar-refractivity contribution is 5.62. The third-order valence-electron chi connectivity index (χ3n) is 2.90. The highest BCUT2D eigenvalue weighted by Gasteiger charge is 2.12. The topological polar surface area (TPSA) is 48.9 Å². The Bertz CT molecular complexity index is 577. The summed E-state index contributed by atoms with van der Waals surface area (Å²) >= 11 is 0. The van der Waals surface area contributed by atoms with Gasteiger partial charge in [0.15, 0.2) is 0 Å². The molecule has 0 fully saturated rings. The van der Waals surface area contributed by atoms with Gasteiger partial charge < -0.3 is 9.90 Å². The monoisotopic (exact) mass is 244 g/mol. The van der Waals surface area contributed by atoms with Crippen molar-refractivity contribution in [2.24, 2.45) is 0 Å². The summed E-state index contributed by atoms with van der Waals surface area (Å²) < 4.78 is 3.53. The van der Waals surface area contributed by atoms with E-state index in [0.29, 0.717) is 0 Å². The number of imidazole rings is 1. The van der Waals surface area contributed by atoms with Crippen LogP contribution in [0.15, 0.2) is 30.9 Å². The van der Waals surface area contributed by atoms with Crippen LogP contribution >= 0.6 is 0 Å². The molecule has 2 aromatic rings. The van der Waals surface area contributed by atoms with Crippen molar-refractivity contribution >= 4 is 5.97 Å². The number of hydrogen-bond acceptors (Lipinski definition) is 2. The average Bonchev–Trinajstić information content (AvgIpc) is 2.63. The smallest absolute Gasteiger partial charge is 0.249 e. The molecule has 0 amide bonds. The lowest BCUT2D eigenvalue weighted by atomic mass is 10.1. The van der Waals surface area contributed by atoms with E-state index in [1.165, 1.54) is 16.7 Å². The number of carbonyl (C=O) groups excluding carboxylic acids is 1. The van der Waals surface area contributed by atoms with Gasteiger partial charge in [0.2, 0.25) is 6.33 Å². The quantitative estimate of drug-likeness (QED) is 0.736. The van der Waals surface area contributed by atoms with Gasteiger partial charge in [0.25, 0.3) is 0 Å². The molecule has 0 atom stereocenters. The Morgan fingerprint density at radius 3 is 2.44 bits per heavy atom. The number of aliphatic carboxylic acids is 1. The Kier molecular flexibility index (Phi) is 3.19. The maximum Gasteiger partial charge on any atom is 0.249 e. The Balaban J connectivity index is 2.43. The number of benzene rings is 1. The first kappa shape index (κ1) is 12.4. The van der Waals surface area contributed by atoms with E-state index >= 15 is 0 Å². The molecular weight excluding hydrogens is 228 g/mol. The number of aromatic nitrogens is 2. The highest BCUT2D eigenvalue weighted by Crippen LogP contribution is 2.20. The van der Waals surface area contributed by atoms with Gasteiger partial charge >= 0.3 is 0 Å². The lowest BCUT2D eigenvalue weighted by Crippen LogP contribution is -2.42. The van der Waals surface area contributed by atoms with E-state index in [-0.39, 0.29) is 6.54 Å². The number of hydrogen-bond donors (Lipinski definition) is 0. The van der Waals surface area contributed by atoms with Crippen LogP contribution in [0.25, 0.3) is 5.69 Å². The second kappa shape index (κ2) is 4.64. The van der Waals surface area contributed by atoms with Crippen LogP contribution in [0.5, 0.6) is 0 Å². The number of carbonyl (C=O) groups is 1. The van der Waals surface area contributed by atoms with Gasteiger partial charge in [0.05, 0.1) is 5.97 Å². The molecule has 2 rings (SSSR count). The third-order valence-corrected chi connectivity index (χ3v) is 2.90. The van der Waals surface area contributed by atoms with E-state index in [2.05, 4.69) is 32.9 Å². The molecule has 0 aliphatic heterocycles. The molecule has 0 aliphatic rings. The normalized spacial score (nSPS) is 10.6. The molecule has 1 heterocycles. The minimum atomic E-state index is -1.09. The molecule has 0 aliphatic carbocycles. The lowest BCUT2D eigenvalue weighted by Gasteiger charge is -2.07. The van der Waals surface area contributed by atoms with Crippen molar-refractivity contribution < 1.29 is 14.5 Å². The van der Waals surface area contributed by atoms with Crippen LogP contribution in [0.3, 0.4) is 0 Å². The zero-order valence-corrected chi connectivity index (χ0v) is 10.8. The molecule has 0 radical (unpaired) electrons. The van der Waals surface area contributed by atoms with Crippen LogP contribution in [0, 0.1) is 20.8 Å². The molecule has 18 heavy (non-hydrogen) atoms. The van der Waals surface area contributed by atoms with Crippen LogP contribution in [0.1, 0.15) is 16.7 Å². The van der Waals surface area contributed by atoms with Crippen molar-refractivity contribution in [3.63, 3.8) is 0 Å². The zero-order chi connectivity index (χ0) is 13.3. The average molecular weight is 244 g/mol. The van der Waals surface area contributed by atoms with Crippen LogP contribution in [0.4, 0.5) is 0 Å². The maximum absolute atomic E-state index is 10.6. The zero-order valence-electron chi connectivity index (χ0n) is 10.8. The SMILES string of the molecule is Cc1cc(C)c(-n2cc[n+](CC(=O)[O-])c2)c(C)c1. The number of carboxylic acid groups (broad SMARTS) is 1. The lowest BCUT2D eigenvalue weighted by molar-refractivity contribution is -0.690. The molecule has 0 unspecified atom stereocenters. The van der Waals surface area contributed by atoms with Gasteiger partial charge in [-0.3, -0.25) is 0 Å². The maximum atomic E-state index is 10.6. The summed E-state index contributed by atoms with van der Waals surface area (Å²) in [5.74, 6) is -1.09. The van der Waals surface area contributed by atoms with Crippen LogP contribution in [0.2, 0.25) is 0 Å². The van der Waals surface area contributed by atoms with Gasteiger partial charge in [-0.25, -0.2) is 9.13 Å². The number of rotatable bonds is 3. The molecule has 4 heteroatoms. The van der Waals surface area contributed by atoms with Crippen molar-refractivity contribution in [1.82, 2.24) is 4.57 Å². The second-order valence-corrected chi connectivity index (χ2v) is 4.61. The van der Waals surface area contributed by atoms with E-state index in [9.17, 15) is 9.90 Å². The van der Waals surface area contributed by atoms with E-state index < -0.39 is 5.97 Å². The van der Waals surface area contributed by atoms with Gasteiger partial charge in [-0.15, -0.1) is 0 Å². The fourth-order valence-corrected chi connectivity index (χ4v) is 2.35. The summed E-state index contributed by atoms with van der Waals surface area (Å²) in [4.78, 5) is 10.6. The fourth-order valence-electron chi connectivity index (χ4n) is 2.35. The standard InChI is InChI=1S/C14H16N2O2/c1-10-6-11(2)14(12(3)7-10)16-5-4-15(9-16)8-13(17)18/h4-7,9H,8H2,1-3H3. The molecular formula is C14H16N2O2. The minimum Gasteiger partial charge on any atom is -0.546 e. The largest absolute Gasteiger partial charge is 0.546 e. The molecule has 0 bridgehead atoms. The Labute approximate surface area is 106 Å². The van der Waals surface area contributed by atoms with Crippen LogP contribution < -0.4 is 9.67 Å². The highest BCUT2D eigenvalue weighted by atomic mass is 16.4. The number of aryl methyl sites for hydroxylation is 3. The van der Waals surface area contributed by atoms with Gasteiger partial charge in [0, 0.05) is 0 Å². The summed E-state index contributed by atoms with van der Waals surface area (Å²) in [7, 11) is 0. The van der Waals surface area contributed by atoms with Crippen LogP contribution in [-0.2, 0) is 11.3 Å². The Hall–Kier alpha value is -2.10. The molecule has 94 valence electrons. The summed E-state index contributed by atoms with van der Waals surface area (Å²) in [6.07, 6.45) is 5.35. The first-order chi connectivity index (χ1) is 8.47. The summed E-state index contributed by atoms with van der Waals surface area (Å²) in [5, 5.41) is 10.6. The van der Waals surface area contributed by atoms with Gasteiger partial charge in [0.1, 0.15) is 24.6 Å². The molecule has 1 aromatic heterocycles. The van der Waals surface area contributed by atoms with E-state index in [4.69, 9.17) is 0 Å². The number of nitrogens with zero attached hydrogens (tertiary/aromatic N) is 2. The first-order valence-electron chi connectivity index (χ1n) is 5.82. The van der Waals surface area contributed by atoms with Crippen LogP contribution in [-0.4, -0.2) is 10.5 Å². The van der Waals surface area contributed by atoms with E-state index in [0.717, 1.165) is 5.69 Å². The van der Waals surface area contributed by atoms with Crippen molar-refractivity contribution in [3.05, 3.63) is 47.5 Å². The van der Waals surface area contributed by atoms with Gasteiger partial charge in [-0.2, -0.15) is 0 Å². The Morgan fingerprint density at radius 2 is 1.89 bits per heavy atom. The summed E-state index contributed by atoms with van der Waals surface area (Å²) in [6, 6.07) is 4.23. The van der Waals surface area contributed by atoms with E-state index in [1.54, 1.807) is 17.1 Å². The molecule has 0 saturated heterocycles. The third kappa shape index (κ3) is 2.42. The molecule has 0 saturated carbocycles. The second-order valence-electron chi connectivity index (χ2n) is 4.61. The Morgan fingerprint density at radius 1 is 1.28 bits per heavy atom. The van der Waals surface area contributed by atoms with E-state index in [1.807, 2.05) is 10.8 Å². The van der Waals surface area contributed by atoms with Crippen molar-refractivity contribution in [3.8, 4) is 5.69 Å². The van der Waals surface area contributed by atoms with Gasteiger partial charge in [-0.1, -0.05) is 17.7 Å². The molecule has 1 aromatic carbocycles. The summed E-state index contributed by atoms with van der Waals surface area (Å²) in [6.45, 7) is 6.05. The predicted octanol–water partition coefficient (Wildman–Crippen LogP) is 0.440. The van der Waals surface area contributed by atoms with Crippen molar-refractivity contribution in [2.75, 3.05) is 0 Å². The molecule has 4 nitrogen and oxygen atoms in total. The fraction of sp³-hybridized carbons (Fsp3) is 0.286. The molecule has 0 spiro atoms. The summed E-state index contributed by atoms with van der Waals surface area (Å²) in [5.41, 5.74) is 4.66. The number of carboxylic acids is 1.